The van der Waals surface area contributed by atoms with Gasteiger partial charge in [-0.3, -0.25) is 9.59 Å². The van der Waals surface area contributed by atoms with Crippen LogP contribution in [0.1, 0.15) is 40.9 Å². The molecule has 1 saturated heterocycles. The van der Waals surface area contributed by atoms with Crippen LogP contribution in [0.4, 0.5) is 5.82 Å². The van der Waals surface area contributed by atoms with Crippen molar-refractivity contribution in [2.24, 2.45) is 0 Å². The predicted octanol–water partition coefficient (Wildman–Crippen LogP) is 3.09. The van der Waals surface area contributed by atoms with Gasteiger partial charge in [0.15, 0.2) is 6.10 Å². The quantitative estimate of drug-likeness (QED) is 0.595. The Morgan fingerprint density at radius 1 is 1.03 bits per heavy atom. The molecule has 9 heteroatoms. The maximum absolute atomic E-state index is 12.9. The van der Waals surface area contributed by atoms with Gasteiger partial charge in [-0.15, -0.1) is 0 Å². The van der Waals surface area contributed by atoms with E-state index in [9.17, 15) is 9.59 Å². The molecule has 0 spiro atoms. The van der Waals surface area contributed by atoms with Crippen LogP contribution in [0.15, 0.2) is 60.9 Å². The molecule has 2 aromatic heterocycles. The summed E-state index contributed by atoms with van der Waals surface area (Å²) in [4.78, 5) is 31.7. The first kappa shape index (κ1) is 22.5. The lowest BCUT2D eigenvalue weighted by Gasteiger charge is -2.33. The Balaban J connectivity index is 1.41. The zero-order valence-corrected chi connectivity index (χ0v) is 18.7. The minimum absolute atomic E-state index is 0.0628. The molecule has 1 aliphatic heterocycles. The van der Waals surface area contributed by atoms with Crippen LogP contribution >= 0.6 is 0 Å². The number of piperidine rings is 1. The van der Waals surface area contributed by atoms with Gasteiger partial charge in [-0.2, -0.15) is 5.10 Å². The fraction of sp³-hybridized carbons (Fsp3) is 0.333. The Kier molecular flexibility index (Phi) is 6.99. The van der Waals surface area contributed by atoms with Crippen LogP contribution in [0.3, 0.4) is 0 Å². The highest BCUT2D eigenvalue weighted by atomic mass is 16.5. The van der Waals surface area contributed by atoms with Crippen LogP contribution in [-0.2, 0) is 9.53 Å². The van der Waals surface area contributed by atoms with Crippen LogP contribution in [-0.4, -0.2) is 58.8 Å². The second-order valence-corrected chi connectivity index (χ2v) is 7.76. The summed E-state index contributed by atoms with van der Waals surface area (Å²) in [5, 5.41) is 7.38. The molecule has 33 heavy (non-hydrogen) atoms. The number of nitrogens with one attached hydrogen (secondary N) is 1. The number of carbonyl (C=O) groups excluding carboxylic acids is 2. The average molecular weight is 450 g/mol. The molecule has 3 aromatic rings. The van der Waals surface area contributed by atoms with Gasteiger partial charge in [0.05, 0.1) is 19.3 Å². The molecule has 1 aromatic carbocycles. The van der Waals surface area contributed by atoms with Crippen molar-refractivity contribution in [3.05, 3.63) is 72.1 Å². The molecule has 3 heterocycles. The summed E-state index contributed by atoms with van der Waals surface area (Å²) in [7, 11) is 3.02. The maximum atomic E-state index is 12.9. The van der Waals surface area contributed by atoms with Crippen molar-refractivity contribution in [1.82, 2.24) is 19.7 Å². The summed E-state index contributed by atoms with van der Waals surface area (Å²) in [6.45, 7) is 1.14. The highest BCUT2D eigenvalue weighted by Crippen LogP contribution is 2.28. The standard InChI is InChI=1S/C24H27N5O4/c1-32-21(17-7-4-3-5-8-17)22(30)27-20-10-14-26-29(20)18-11-15-28(16-12-18)24(31)19-9-6-13-25-23(19)33-2/h3-10,13-14,18,21H,11-12,15-16H2,1-2H3,(H,27,30). The number of aromatic nitrogens is 3. The van der Waals surface area contributed by atoms with E-state index < -0.39 is 6.10 Å². The van der Waals surface area contributed by atoms with E-state index in [0.717, 1.165) is 5.56 Å². The monoisotopic (exact) mass is 449 g/mol. The number of anilines is 1. The highest BCUT2D eigenvalue weighted by Gasteiger charge is 2.29. The van der Waals surface area contributed by atoms with Gasteiger partial charge in [0.25, 0.3) is 11.8 Å². The van der Waals surface area contributed by atoms with Crippen molar-refractivity contribution in [3.63, 3.8) is 0 Å². The fourth-order valence-electron chi connectivity index (χ4n) is 4.12. The van der Waals surface area contributed by atoms with Crippen molar-refractivity contribution in [3.8, 4) is 5.88 Å². The van der Waals surface area contributed by atoms with Gasteiger partial charge in [-0.1, -0.05) is 30.3 Å². The fourth-order valence-corrected chi connectivity index (χ4v) is 4.12. The average Bonchev–Trinajstić information content (AvgIpc) is 3.32. The van der Waals surface area contributed by atoms with E-state index in [1.165, 1.54) is 14.2 Å². The molecule has 2 amide bonds. The van der Waals surface area contributed by atoms with Crippen LogP contribution < -0.4 is 10.1 Å². The summed E-state index contributed by atoms with van der Waals surface area (Å²) in [6, 6.07) is 14.6. The van der Waals surface area contributed by atoms with Crippen molar-refractivity contribution >= 4 is 17.6 Å². The summed E-state index contributed by atoms with van der Waals surface area (Å²) in [5.74, 6) is 0.574. The molecule has 1 unspecified atom stereocenters. The summed E-state index contributed by atoms with van der Waals surface area (Å²) < 4.78 is 12.5. The number of benzene rings is 1. The Morgan fingerprint density at radius 3 is 2.48 bits per heavy atom. The van der Waals surface area contributed by atoms with Crippen molar-refractivity contribution in [2.75, 3.05) is 32.6 Å². The number of ether oxygens (including phenoxy) is 2. The minimum Gasteiger partial charge on any atom is -0.480 e. The number of carbonyl (C=O) groups is 2. The van der Waals surface area contributed by atoms with E-state index in [-0.39, 0.29) is 17.9 Å². The number of nitrogens with zero attached hydrogens (tertiary/aromatic N) is 4. The number of pyridine rings is 1. The SMILES string of the molecule is COc1ncccc1C(=O)N1CCC(n2nccc2NC(=O)C(OC)c2ccccc2)CC1. The molecule has 1 aliphatic rings. The first-order valence-corrected chi connectivity index (χ1v) is 10.8. The number of hydrogen-bond donors (Lipinski definition) is 1. The van der Waals surface area contributed by atoms with Gasteiger partial charge in [0, 0.05) is 32.5 Å². The van der Waals surface area contributed by atoms with E-state index in [1.807, 2.05) is 35.0 Å². The largest absolute Gasteiger partial charge is 0.480 e. The van der Waals surface area contributed by atoms with Crippen molar-refractivity contribution in [2.45, 2.75) is 25.0 Å². The molecule has 0 aliphatic carbocycles. The molecule has 1 N–H and O–H groups in total. The van der Waals surface area contributed by atoms with Crippen LogP contribution in [0, 0.1) is 0 Å². The number of likely N-dealkylation sites (tertiary alicyclic amines) is 1. The molecule has 172 valence electrons. The van der Waals surface area contributed by atoms with Gasteiger partial charge in [0.1, 0.15) is 11.4 Å². The third-order valence-corrected chi connectivity index (χ3v) is 5.79. The summed E-state index contributed by atoms with van der Waals surface area (Å²) in [6.07, 6.45) is 3.97. The molecule has 0 radical (unpaired) electrons. The molecular formula is C24H27N5O4. The second kappa shape index (κ2) is 10.3. The zero-order valence-electron chi connectivity index (χ0n) is 18.7. The first-order chi connectivity index (χ1) is 16.1. The molecule has 1 fully saturated rings. The third kappa shape index (κ3) is 4.88. The molecule has 1 atom stereocenters. The van der Waals surface area contributed by atoms with E-state index in [1.54, 1.807) is 35.5 Å². The molecule has 0 saturated carbocycles. The lowest BCUT2D eigenvalue weighted by atomic mass is 10.0. The van der Waals surface area contributed by atoms with Gasteiger partial charge >= 0.3 is 0 Å². The lowest BCUT2D eigenvalue weighted by molar-refractivity contribution is -0.126. The molecule has 4 rings (SSSR count). The smallest absolute Gasteiger partial charge is 0.259 e. The van der Waals surface area contributed by atoms with Crippen LogP contribution in [0.5, 0.6) is 5.88 Å². The normalized spacial score (nSPS) is 15.2. The first-order valence-electron chi connectivity index (χ1n) is 10.8. The topological polar surface area (TPSA) is 98.6 Å². The van der Waals surface area contributed by atoms with Crippen LogP contribution in [0.2, 0.25) is 0 Å². The molecular weight excluding hydrogens is 422 g/mol. The minimum atomic E-state index is -0.719. The van der Waals surface area contributed by atoms with Gasteiger partial charge in [-0.05, 0) is 30.5 Å². The van der Waals surface area contributed by atoms with Gasteiger partial charge < -0.3 is 19.7 Å². The second-order valence-electron chi connectivity index (χ2n) is 7.76. The predicted molar refractivity (Wildman–Crippen MR) is 122 cm³/mol. The van der Waals surface area contributed by atoms with Crippen LogP contribution in [0.25, 0.3) is 0 Å². The highest BCUT2D eigenvalue weighted by molar-refractivity contribution is 5.96. The van der Waals surface area contributed by atoms with Crippen molar-refractivity contribution in [1.29, 1.82) is 0 Å². The Bertz CT molecular complexity index is 1090. The third-order valence-electron chi connectivity index (χ3n) is 5.79. The summed E-state index contributed by atoms with van der Waals surface area (Å²) in [5.41, 5.74) is 1.23. The van der Waals surface area contributed by atoms with E-state index in [4.69, 9.17) is 9.47 Å². The number of hydrogen-bond acceptors (Lipinski definition) is 6. The maximum Gasteiger partial charge on any atom is 0.259 e. The zero-order chi connectivity index (χ0) is 23.2. The number of amides is 2. The van der Waals surface area contributed by atoms with E-state index in [0.29, 0.717) is 43.2 Å². The van der Waals surface area contributed by atoms with E-state index >= 15 is 0 Å². The van der Waals surface area contributed by atoms with Gasteiger partial charge in [0.2, 0.25) is 5.88 Å². The Morgan fingerprint density at radius 2 is 1.79 bits per heavy atom. The molecule has 9 nitrogen and oxygen atoms in total. The number of methoxy groups -OCH3 is 2. The lowest BCUT2D eigenvalue weighted by Crippen LogP contribution is -2.39. The van der Waals surface area contributed by atoms with Gasteiger partial charge in [-0.25, -0.2) is 9.67 Å². The van der Waals surface area contributed by atoms with E-state index in [2.05, 4.69) is 15.4 Å². The Labute approximate surface area is 192 Å². The Hall–Kier alpha value is -3.72. The molecule has 0 bridgehead atoms. The van der Waals surface area contributed by atoms with Crippen molar-refractivity contribution < 1.29 is 19.1 Å². The summed E-state index contributed by atoms with van der Waals surface area (Å²) >= 11 is 0. The number of rotatable bonds is 7.